The van der Waals surface area contributed by atoms with Crippen LogP contribution in [0.2, 0.25) is 0 Å². The quantitative estimate of drug-likeness (QED) is 0.268. The predicted molar refractivity (Wildman–Crippen MR) is 117 cm³/mol. The second-order valence-corrected chi connectivity index (χ2v) is 8.30. The number of nitro benzene ring substituents is 1. The molecule has 3 heteroatoms. The molecule has 2 aromatic rings. The maximum atomic E-state index is 11.8. The number of hydrogen-bond acceptors (Lipinski definition) is 2. The highest BCUT2D eigenvalue weighted by Gasteiger charge is 2.25. The monoisotopic (exact) mass is 379 g/mol. The summed E-state index contributed by atoms with van der Waals surface area (Å²) < 4.78 is 0. The third kappa shape index (κ3) is 5.01. The molecule has 0 heterocycles. The summed E-state index contributed by atoms with van der Waals surface area (Å²) in [5.41, 5.74) is 4.29. The smallest absolute Gasteiger partial charge is 0.258 e. The molecule has 1 fully saturated rings. The summed E-state index contributed by atoms with van der Waals surface area (Å²) in [6, 6.07) is 14.1. The van der Waals surface area contributed by atoms with Crippen molar-refractivity contribution in [2.24, 2.45) is 5.92 Å². The van der Waals surface area contributed by atoms with Gasteiger partial charge in [0.2, 0.25) is 0 Å². The molecule has 0 bridgehead atoms. The molecule has 28 heavy (non-hydrogen) atoms. The van der Waals surface area contributed by atoms with Gasteiger partial charge in [0.15, 0.2) is 0 Å². The fourth-order valence-electron chi connectivity index (χ4n) is 4.59. The first kappa shape index (κ1) is 20.6. The molecule has 1 aliphatic carbocycles. The first-order valence-electron chi connectivity index (χ1n) is 11.0. The average Bonchev–Trinajstić information content (AvgIpc) is 2.74. The summed E-state index contributed by atoms with van der Waals surface area (Å²) in [7, 11) is 0. The lowest BCUT2D eigenvalue weighted by Crippen LogP contribution is -2.13. The summed E-state index contributed by atoms with van der Waals surface area (Å²) in [6.45, 7) is 4.37. The van der Waals surface area contributed by atoms with Crippen LogP contribution in [0.15, 0.2) is 42.5 Å². The van der Waals surface area contributed by atoms with E-state index in [1.165, 1.54) is 56.9 Å². The zero-order chi connectivity index (χ0) is 19.9. The maximum Gasteiger partial charge on any atom is 0.277 e. The van der Waals surface area contributed by atoms with Crippen molar-refractivity contribution in [2.75, 3.05) is 0 Å². The van der Waals surface area contributed by atoms with Gasteiger partial charge in [-0.2, -0.15) is 0 Å². The minimum atomic E-state index is -0.219. The first-order chi connectivity index (χ1) is 13.6. The molecular formula is C25H33NO2. The number of hydrogen-bond donors (Lipinski definition) is 0. The SMILES string of the molecule is CCCCCC1CCC(c2ccc(-c3ccc(CC)cc3)c([N+](=O)[O-])c2)CC1. The standard InChI is InChI=1S/C25H33NO2/c1-3-5-6-7-20-10-12-21(13-11-20)23-16-17-24(25(18-23)26(27)28)22-14-8-19(4-2)9-15-22/h8-9,14-18,20-21H,3-7,10-13H2,1-2H3. The molecule has 0 spiro atoms. The van der Waals surface area contributed by atoms with Crippen LogP contribution >= 0.6 is 0 Å². The van der Waals surface area contributed by atoms with Crippen LogP contribution in [0.1, 0.15) is 82.3 Å². The van der Waals surface area contributed by atoms with E-state index in [2.05, 4.69) is 32.0 Å². The van der Waals surface area contributed by atoms with Gasteiger partial charge in [0, 0.05) is 6.07 Å². The van der Waals surface area contributed by atoms with Crippen LogP contribution in [0, 0.1) is 16.0 Å². The van der Waals surface area contributed by atoms with Crippen molar-refractivity contribution in [1.82, 2.24) is 0 Å². The number of benzene rings is 2. The van der Waals surface area contributed by atoms with Crippen LogP contribution in [-0.2, 0) is 6.42 Å². The summed E-state index contributed by atoms with van der Waals surface area (Å²) in [5.74, 6) is 1.33. The van der Waals surface area contributed by atoms with Gasteiger partial charge in [-0.1, -0.05) is 69.9 Å². The summed E-state index contributed by atoms with van der Waals surface area (Å²) >= 11 is 0. The molecule has 0 saturated heterocycles. The summed E-state index contributed by atoms with van der Waals surface area (Å²) in [4.78, 5) is 11.5. The van der Waals surface area contributed by atoms with E-state index in [0.717, 1.165) is 29.0 Å². The Hall–Kier alpha value is -2.16. The van der Waals surface area contributed by atoms with E-state index in [0.29, 0.717) is 5.92 Å². The number of nitrogens with zero attached hydrogens (tertiary/aromatic N) is 1. The lowest BCUT2D eigenvalue weighted by molar-refractivity contribution is -0.384. The minimum absolute atomic E-state index is 0.219. The Morgan fingerprint density at radius 3 is 2.29 bits per heavy atom. The van der Waals surface area contributed by atoms with Crippen LogP contribution in [0.5, 0.6) is 0 Å². The van der Waals surface area contributed by atoms with Crippen molar-refractivity contribution in [2.45, 2.75) is 77.6 Å². The fraction of sp³-hybridized carbons (Fsp3) is 0.520. The number of nitro groups is 1. The zero-order valence-electron chi connectivity index (χ0n) is 17.3. The Balaban J connectivity index is 1.73. The van der Waals surface area contributed by atoms with Crippen LogP contribution in [-0.4, -0.2) is 4.92 Å². The van der Waals surface area contributed by atoms with E-state index < -0.39 is 0 Å². The van der Waals surface area contributed by atoms with Gasteiger partial charge in [0.05, 0.1) is 10.5 Å². The lowest BCUT2D eigenvalue weighted by Gasteiger charge is -2.29. The first-order valence-corrected chi connectivity index (χ1v) is 11.0. The minimum Gasteiger partial charge on any atom is -0.258 e. The molecule has 1 aliphatic rings. The molecule has 3 rings (SSSR count). The van der Waals surface area contributed by atoms with E-state index in [9.17, 15) is 10.1 Å². The molecule has 0 amide bonds. The van der Waals surface area contributed by atoms with Crippen LogP contribution < -0.4 is 0 Å². The van der Waals surface area contributed by atoms with Gasteiger partial charge in [-0.25, -0.2) is 0 Å². The Morgan fingerprint density at radius 2 is 1.68 bits per heavy atom. The normalized spacial score (nSPS) is 19.5. The van der Waals surface area contributed by atoms with E-state index in [1.807, 2.05) is 24.3 Å². The van der Waals surface area contributed by atoms with Gasteiger partial charge >= 0.3 is 0 Å². The van der Waals surface area contributed by atoms with Gasteiger partial charge in [0.25, 0.3) is 5.69 Å². The molecule has 0 aliphatic heterocycles. The third-order valence-corrected chi connectivity index (χ3v) is 6.43. The molecule has 2 aromatic carbocycles. The van der Waals surface area contributed by atoms with Gasteiger partial charge in [-0.3, -0.25) is 10.1 Å². The lowest BCUT2D eigenvalue weighted by atomic mass is 9.76. The van der Waals surface area contributed by atoms with Crippen LogP contribution in [0.4, 0.5) is 5.69 Å². The third-order valence-electron chi connectivity index (χ3n) is 6.43. The Labute approximate surface area is 169 Å². The van der Waals surface area contributed by atoms with Crippen molar-refractivity contribution in [3.05, 3.63) is 63.7 Å². The average molecular weight is 380 g/mol. The number of aryl methyl sites for hydroxylation is 1. The molecule has 3 nitrogen and oxygen atoms in total. The van der Waals surface area contributed by atoms with Crippen LogP contribution in [0.25, 0.3) is 11.1 Å². The van der Waals surface area contributed by atoms with Crippen molar-refractivity contribution in [3.63, 3.8) is 0 Å². The van der Waals surface area contributed by atoms with Crippen molar-refractivity contribution >= 4 is 5.69 Å². The van der Waals surface area contributed by atoms with E-state index in [1.54, 1.807) is 0 Å². The Morgan fingerprint density at radius 1 is 0.964 bits per heavy atom. The molecule has 0 N–H and O–H groups in total. The molecule has 0 radical (unpaired) electrons. The highest BCUT2D eigenvalue weighted by Crippen LogP contribution is 2.40. The largest absolute Gasteiger partial charge is 0.277 e. The maximum absolute atomic E-state index is 11.8. The Bertz CT molecular complexity index is 774. The molecule has 1 saturated carbocycles. The molecule has 150 valence electrons. The fourth-order valence-corrected chi connectivity index (χ4v) is 4.59. The Kier molecular flexibility index (Phi) is 7.24. The van der Waals surface area contributed by atoms with Crippen LogP contribution in [0.3, 0.4) is 0 Å². The van der Waals surface area contributed by atoms with Gasteiger partial charge in [-0.05, 0) is 66.7 Å². The number of unbranched alkanes of at least 4 members (excludes halogenated alkanes) is 2. The van der Waals surface area contributed by atoms with Crippen molar-refractivity contribution < 1.29 is 4.92 Å². The second kappa shape index (κ2) is 9.86. The molecule has 0 atom stereocenters. The predicted octanol–water partition coefficient (Wildman–Crippen LogP) is 7.68. The topological polar surface area (TPSA) is 43.1 Å². The van der Waals surface area contributed by atoms with Gasteiger partial charge < -0.3 is 0 Å². The van der Waals surface area contributed by atoms with Crippen molar-refractivity contribution in [3.8, 4) is 11.1 Å². The highest BCUT2D eigenvalue weighted by atomic mass is 16.6. The van der Waals surface area contributed by atoms with E-state index in [4.69, 9.17) is 0 Å². The van der Waals surface area contributed by atoms with Gasteiger partial charge in [-0.15, -0.1) is 0 Å². The van der Waals surface area contributed by atoms with E-state index >= 15 is 0 Å². The van der Waals surface area contributed by atoms with E-state index in [-0.39, 0.29) is 10.6 Å². The van der Waals surface area contributed by atoms with Crippen molar-refractivity contribution in [1.29, 1.82) is 0 Å². The summed E-state index contributed by atoms with van der Waals surface area (Å²) in [5, 5.41) is 11.8. The highest BCUT2D eigenvalue weighted by molar-refractivity contribution is 5.74. The zero-order valence-corrected chi connectivity index (χ0v) is 17.3. The molecule has 0 unspecified atom stereocenters. The number of rotatable bonds is 8. The second-order valence-electron chi connectivity index (χ2n) is 8.30. The summed E-state index contributed by atoms with van der Waals surface area (Å²) in [6.07, 6.45) is 11.2. The molecular weight excluding hydrogens is 346 g/mol. The van der Waals surface area contributed by atoms with Gasteiger partial charge in [0.1, 0.15) is 0 Å². The molecule has 0 aromatic heterocycles.